The molecule has 2 aromatic rings. The summed E-state index contributed by atoms with van der Waals surface area (Å²) in [7, 11) is 0. The summed E-state index contributed by atoms with van der Waals surface area (Å²) in [6, 6.07) is 7.82. The molecule has 0 unspecified atom stereocenters. The maximum Gasteiger partial charge on any atom is 0.222 e. The maximum atomic E-state index is 6.19. The molecule has 0 radical (unpaired) electrons. The van der Waals surface area contributed by atoms with E-state index in [1.165, 1.54) is 6.20 Å². The largest absolute Gasteiger partial charge is 0.491 e. The highest BCUT2D eigenvalue weighted by molar-refractivity contribution is 6.33. The third kappa shape index (κ3) is 2.29. The Morgan fingerprint density at radius 2 is 2.16 bits per heavy atom. The van der Waals surface area contributed by atoms with Crippen molar-refractivity contribution in [1.29, 1.82) is 0 Å². The molecule has 3 rings (SSSR count). The number of nitrogens with zero attached hydrogens (tertiary/aromatic N) is 3. The van der Waals surface area contributed by atoms with E-state index in [0.717, 1.165) is 24.4 Å². The SMILES string of the molecule is Nc1ncc(Cl)c(N2CCCOc3ccccc32)n1. The van der Waals surface area contributed by atoms with Crippen molar-refractivity contribution in [1.82, 2.24) is 9.97 Å². The van der Waals surface area contributed by atoms with E-state index in [1.807, 2.05) is 29.2 Å². The Labute approximate surface area is 116 Å². The summed E-state index contributed by atoms with van der Waals surface area (Å²) in [5.74, 6) is 1.66. The van der Waals surface area contributed by atoms with Crippen LogP contribution in [0.2, 0.25) is 5.02 Å². The molecule has 2 N–H and O–H groups in total. The van der Waals surface area contributed by atoms with Gasteiger partial charge in [0.15, 0.2) is 5.82 Å². The van der Waals surface area contributed by atoms with E-state index in [2.05, 4.69) is 9.97 Å². The lowest BCUT2D eigenvalue weighted by atomic mass is 10.2. The molecular formula is C13H13ClN4O. The number of aromatic nitrogens is 2. The second-order valence-corrected chi connectivity index (χ2v) is 4.63. The molecule has 0 saturated heterocycles. The Hall–Kier alpha value is -2.01. The lowest BCUT2D eigenvalue weighted by Gasteiger charge is -2.23. The smallest absolute Gasteiger partial charge is 0.222 e. The van der Waals surface area contributed by atoms with Gasteiger partial charge in [-0.3, -0.25) is 0 Å². The highest BCUT2D eigenvalue weighted by atomic mass is 35.5. The van der Waals surface area contributed by atoms with Gasteiger partial charge in [-0.2, -0.15) is 4.98 Å². The fourth-order valence-electron chi connectivity index (χ4n) is 2.11. The molecule has 1 aliphatic rings. The first-order valence-electron chi connectivity index (χ1n) is 6.03. The predicted octanol–water partition coefficient (Wildman–Crippen LogP) is 2.63. The van der Waals surface area contributed by atoms with Crippen molar-refractivity contribution in [2.24, 2.45) is 0 Å². The zero-order chi connectivity index (χ0) is 13.2. The molecule has 2 heterocycles. The van der Waals surface area contributed by atoms with Gasteiger partial charge in [-0.25, -0.2) is 4.98 Å². The lowest BCUT2D eigenvalue weighted by molar-refractivity contribution is 0.322. The lowest BCUT2D eigenvalue weighted by Crippen LogP contribution is -2.20. The zero-order valence-corrected chi connectivity index (χ0v) is 11.0. The Morgan fingerprint density at radius 3 is 3.05 bits per heavy atom. The maximum absolute atomic E-state index is 6.19. The molecule has 1 aromatic carbocycles. The van der Waals surface area contributed by atoms with Crippen LogP contribution in [0.15, 0.2) is 30.5 Å². The number of para-hydroxylation sites is 2. The molecule has 0 spiro atoms. The number of hydrogen-bond acceptors (Lipinski definition) is 5. The highest BCUT2D eigenvalue weighted by Gasteiger charge is 2.21. The Bertz CT molecular complexity index is 605. The van der Waals surface area contributed by atoms with Gasteiger partial charge in [0.05, 0.1) is 18.5 Å². The van der Waals surface area contributed by atoms with Gasteiger partial charge in [0.1, 0.15) is 10.8 Å². The number of nitrogen functional groups attached to an aromatic ring is 1. The Morgan fingerprint density at radius 1 is 1.32 bits per heavy atom. The van der Waals surface area contributed by atoms with Gasteiger partial charge >= 0.3 is 0 Å². The minimum atomic E-state index is 0.210. The number of nitrogens with two attached hydrogens (primary N) is 1. The quantitative estimate of drug-likeness (QED) is 0.867. The molecule has 5 nitrogen and oxygen atoms in total. The monoisotopic (exact) mass is 276 g/mol. The van der Waals surface area contributed by atoms with Gasteiger partial charge < -0.3 is 15.4 Å². The number of hydrogen-bond donors (Lipinski definition) is 1. The standard InChI is InChI=1S/C13H13ClN4O/c14-9-8-16-13(15)17-12(9)18-6-3-7-19-11-5-2-1-4-10(11)18/h1-2,4-5,8H,3,6-7H2,(H2,15,16,17). The van der Waals surface area contributed by atoms with Crippen LogP contribution in [0, 0.1) is 0 Å². The summed E-state index contributed by atoms with van der Waals surface area (Å²) in [6.07, 6.45) is 2.41. The molecule has 19 heavy (non-hydrogen) atoms. The normalized spacial score (nSPS) is 14.5. The molecule has 0 bridgehead atoms. The van der Waals surface area contributed by atoms with Crippen LogP contribution >= 0.6 is 11.6 Å². The number of rotatable bonds is 1. The van der Waals surface area contributed by atoms with Gasteiger partial charge in [-0.1, -0.05) is 23.7 Å². The van der Waals surface area contributed by atoms with Crippen molar-refractivity contribution in [2.75, 3.05) is 23.8 Å². The third-order valence-electron chi connectivity index (χ3n) is 2.94. The van der Waals surface area contributed by atoms with Crippen molar-refractivity contribution in [2.45, 2.75) is 6.42 Å². The second kappa shape index (κ2) is 4.93. The van der Waals surface area contributed by atoms with E-state index in [0.29, 0.717) is 17.4 Å². The average molecular weight is 277 g/mol. The van der Waals surface area contributed by atoms with Crippen molar-refractivity contribution >= 4 is 29.1 Å². The number of ether oxygens (including phenoxy) is 1. The van der Waals surface area contributed by atoms with E-state index in [1.54, 1.807) is 0 Å². The first-order valence-corrected chi connectivity index (χ1v) is 6.41. The van der Waals surface area contributed by atoms with Crippen LogP contribution in [-0.2, 0) is 0 Å². The summed E-state index contributed by atoms with van der Waals surface area (Å²) in [5.41, 5.74) is 6.60. The van der Waals surface area contributed by atoms with E-state index in [9.17, 15) is 0 Å². The molecule has 98 valence electrons. The first kappa shape index (κ1) is 12.0. The fraction of sp³-hybridized carbons (Fsp3) is 0.231. The van der Waals surface area contributed by atoms with Crippen LogP contribution in [0.1, 0.15) is 6.42 Å². The van der Waals surface area contributed by atoms with Gasteiger partial charge in [0.2, 0.25) is 5.95 Å². The molecular weight excluding hydrogens is 264 g/mol. The Kier molecular flexibility index (Phi) is 3.13. The van der Waals surface area contributed by atoms with Crippen LogP contribution in [0.25, 0.3) is 0 Å². The van der Waals surface area contributed by atoms with Crippen LogP contribution in [0.4, 0.5) is 17.5 Å². The second-order valence-electron chi connectivity index (χ2n) is 4.22. The molecule has 0 amide bonds. The number of anilines is 3. The number of fused-ring (bicyclic) bond motifs is 1. The summed E-state index contributed by atoms with van der Waals surface area (Å²) < 4.78 is 5.71. The minimum absolute atomic E-state index is 0.210. The van der Waals surface area contributed by atoms with Gasteiger partial charge in [0, 0.05) is 6.54 Å². The minimum Gasteiger partial charge on any atom is -0.491 e. The summed E-state index contributed by atoms with van der Waals surface area (Å²) in [4.78, 5) is 10.1. The number of benzene rings is 1. The molecule has 0 aliphatic carbocycles. The topological polar surface area (TPSA) is 64.3 Å². The molecule has 0 atom stereocenters. The van der Waals surface area contributed by atoms with E-state index >= 15 is 0 Å². The van der Waals surface area contributed by atoms with Crippen molar-refractivity contribution in [3.63, 3.8) is 0 Å². The molecule has 6 heteroatoms. The van der Waals surface area contributed by atoms with Gasteiger partial charge in [-0.15, -0.1) is 0 Å². The van der Waals surface area contributed by atoms with E-state index in [-0.39, 0.29) is 5.95 Å². The predicted molar refractivity (Wildman–Crippen MR) is 75.0 cm³/mol. The van der Waals surface area contributed by atoms with Gasteiger partial charge in [0.25, 0.3) is 0 Å². The molecule has 0 saturated carbocycles. The van der Waals surface area contributed by atoms with Crippen LogP contribution < -0.4 is 15.4 Å². The fourth-order valence-corrected chi connectivity index (χ4v) is 2.30. The van der Waals surface area contributed by atoms with Crippen LogP contribution in [-0.4, -0.2) is 23.1 Å². The van der Waals surface area contributed by atoms with Crippen LogP contribution in [0.5, 0.6) is 5.75 Å². The summed E-state index contributed by atoms with van der Waals surface area (Å²) in [6.45, 7) is 1.44. The third-order valence-corrected chi connectivity index (χ3v) is 3.21. The highest BCUT2D eigenvalue weighted by Crippen LogP contribution is 2.37. The average Bonchev–Trinajstić information content (AvgIpc) is 2.64. The van der Waals surface area contributed by atoms with Crippen molar-refractivity contribution in [3.8, 4) is 5.75 Å². The summed E-state index contributed by atoms with van der Waals surface area (Å²) >= 11 is 6.19. The van der Waals surface area contributed by atoms with E-state index in [4.69, 9.17) is 22.1 Å². The van der Waals surface area contributed by atoms with Crippen LogP contribution in [0.3, 0.4) is 0 Å². The zero-order valence-electron chi connectivity index (χ0n) is 10.2. The molecule has 0 fully saturated rings. The first-order chi connectivity index (χ1) is 9.25. The molecule has 1 aliphatic heterocycles. The van der Waals surface area contributed by atoms with Gasteiger partial charge in [-0.05, 0) is 18.6 Å². The summed E-state index contributed by atoms with van der Waals surface area (Å²) in [5, 5.41) is 0.478. The number of halogens is 1. The Balaban J connectivity index is 2.11. The van der Waals surface area contributed by atoms with Crippen molar-refractivity contribution in [3.05, 3.63) is 35.5 Å². The van der Waals surface area contributed by atoms with E-state index < -0.39 is 0 Å². The van der Waals surface area contributed by atoms with Crippen molar-refractivity contribution < 1.29 is 4.74 Å². The molecule has 1 aromatic heterocycles.